The number of rotatable bonds is 4. The molecule has 0 spiro atoms. The molecule has 2 amide bonds. The lowest BCUT2D eigenvalue weighted by molar-refractivity contribution is -0.130. The van der Waals surface area contributed by atoms with E-state index in [2.05, 4.69) is 10.6 Å². The van der Waals surface area contributed by atoms with Gasteiger partial charge in [-0.2, -0.15) is 0 Å². The molecule has 0 bridgehead atoms. The molecule has 0 radical (unpaired) electrons. The molecule has 6 heteroatoms. The number of amides is 2. The van der Waals surface area contributed by atoms with Crippen molar-refractivity contribution in [3.05, 3.63) is 47.9 Å². The Morgan fingerprint density at radius 3 is 3.00 bits per heavy atom. The summed E-state index contributed by atoms with van der Waals surface area (Å²) in [5.74, 6) is 0.649. The van der Waals surface area contributed by atoms with Gasteiger partial charge in [0.25, 0.3) is 5.91 Å². The quantitative estimate of drug-likeness (QED) is 0.905. The zero-order valence-electron chi connectivity index (χ0n) is 12.1. The zero-order chi connectivity index (χ0) is 15.5. The average Bonchev–Trinajstić information content (AvgIpc) is 2.99. The Balaban J connectivity index is 1.59. The monoisotopic (exact) mass is 300 g/mol. The van der Waals surface area contributed by atoms with E-state index in [0.29, 0.717) is 17.2 Å². The van der Waals surface area contributed by atoms with E-state index < -0.39 is 6.10 Å². The summed E-state index contributed by atoms with van der Waals surface area (Å²) in [6.45, 7) is 2.22. The van der Waals surface area contributed by atoms with Crippen LogP contribution in [0.2, 0.25) is 0 Å². The van der Waals surface area contributed by atoms with Gasteiger partial charge in [0.15, 0.2) is 6.10 Å². The molecule has 2 heterocycles. The van der Waals surface area contributed by atoms with Crippen LogP contribution in [0, 0.1) is 6.92 Å². The van der Waals surface area contributed by atoms with Gasteiger partial charge in [-0.15, -0.1) is 0 Å². The van der Waals surface area contributed by atoms with Crippen LogP contribution in [0.1, 0.15) is 17.7 Å². The number of benzene rings is 1. The first-order valence-electron chi connectivity index (χ1n) is 6.99. The van der Waals surface area contributed by atoms with Crippen LogP contribution >= 0.6 is 0 Å². The summed E-state index contributed by atoms with van der Waals surface area (Å²) in [5, 5.41) is 5.46. The molecule has 1 aromatic carbocycles. The Morgan fingerprint density at radius 1 is 1.36 bits per heavy atom. The van der Waals surface area contributed by atoms with Crippen molar-refractivity contribution in [1.29, 1.82) is 0 Å². The third kappa shape index (κ3) is 3.11. The molecule has 0 aliphatic carbocycles. The Kier molecular flexibility index (Phi) is 3.82. The molecule has 2 N–H and O–H groups in total. The van der Waals surface area contributed by atoms with Gasteiger partial charge in [0.2, 0.25) is 5.91 Å². The molecular formula is C16H16N2O4. The van der Waals surface area contributed by atoms with Gasteiger partial charge in [-0.05, 0) is 36.8 Å². The molecule has 1 aliphatic rings. The van der Waals surface area contributed by atoms with E-state index in [9.17, 15) is 9.59 Å². The number of anilines is 1. The summed E-state index contributed by atoms with van der Waals surface area (Å²) in [4.78, 5) is 23.9. The fourth-order valence-electron chi connectivity index (χ4n) is 2.24. The highest BCUT2D eigenvalue weighted by molar-refractivity contribution is 6.00. The standard InChI is InChI=1S/C16H16N2O4/c1-10-4-5-13-12(7-10)18-16(20)14(22-13)8-15(19)17-9-11-3-2-6-21-11/h2-7,14H,8-9H2,1H3,(H,17,19)(H,18,20). The van der Waals surface area contributed by atoms with Crippen LogP contribution in [-0.2, 0) is 16.1 Å². The van der Waals surface area contributed by atoms with Crippen LogP contribution in [0.25, 0.3) is 0 Å². The Morgan fingerprint density at radius 2 is 2.23 bits per heavy atom. The molecule has 3 rings (SSSR count). The lowest BCUT2D eigenvalue weighted by atomic mass is 10.1. The van der Waals surface area contributed by atoms with E-state index >= 15 is 0 Å². The smallest absolute Gasteiger partial charge is 0.266 e. The van der Waals surface area contributed by atoms with Crippen LogP contribution < -0.4 is 15.4 Å². The number of hydrogen-bond acceptors (Lipinski definition) is 4. The third-order valence-corrected chi connectivity index (χ3v) is 3.37. The molecule has 0 saturated heterocycles. The average molecular weight is 300 g/mol. The largest absolute Gasteiger partial charge is 0.478 e. The number of carbonyl (C=O) groups is 2. The van der Waals surface area contributed by atoms with Gasteiger partial charge in [-0.1, -0.05) is 6.07 Å². The Hall–Kier alpha value is -2.76. The van der Waals surface area contributed by atoms with Crippen molar-refractivity contribution in [2.75, 3.05) is 5.32 Å². The molecule has 0 saturated carbocycles. The van der Waals surface area contributed by atoms with Crippen molar-refractivity contribution < 1.29 is 18.7 Å². The SMILES string of the molecule is Cc1ccc2c(c1)NC(=O)C(CC(=O)NCc1ccco1)O2. The minimum absolute atomic E-state index is 0.0418. The van der Waals surface area contributed by atoms with Gasteiger partial charge in [0.1, 0.15) is 11.5 Å². The van der Waals surface area contributed by atoms with Crippen LogP contribution in [0.15, 0.2) is 41.0 Å². The first-order chi connectivity index (χ1) is 10.6. The predicted molar refractivity (Wildman–Crippen MR) is 79.4 cm³/mol. The van der Waals surface area contributed by atoms with Crippen molar-refractivity contribution in [2.24, 2.45) is 0 Å². The minimum atomic E-state index is -0.827. The zero-order valence-corrected chi connectivity index (χ0v) is 12.1. The highest BCUT2D eigenvalue weighted by atomic mass is 16.5. The topological polar surface area (TPSA) is 80.6 Å². The fraction of sp³-hybridized carbons (Fsp3) is 0.250. The normalized spacial score (nSPS) is 16.4. The highest BCUT2D eigenvalue weighted by Gasteiger charge is 2.29. The number of hydrogen-bond donors (Lipinski definition) is 2. The number of nitrogens with one attached hydrogen (secondary N) is 2. The van der Waals surface area contributed by atoms with E-state index in [4.69, 9.17) is 9.15 Å². The number of fused-ring (bicyclic) bond motifs is 1. The fourth-order valence-corrected chi connectivity index (χ4v) is 2.24. The maximum Gasteiger partial charge on any atom is 0.266 e. The summed E-state index contributed by atoms with van der Waals surface area (Å²) in [6.07, 6.45) is 0.671. The molecule has 22 heavy (non-hydrogen) atoms. The molecule has 1 unspecified atom stereocenters. The molecule has 0 fully saturated rings. The molecular weight excluding hydrogens is 284 g/mol. The number of carbonyl (C=O) groups excluding carboxylic acids is 2. The maximum absolute atomic E-state index is 12.0. The first-order valence-corrected chi connectivity index (χ1v) is 6.99. The van der Waals surface area contributed by atoms with E-state index in [1.54, 1.807) is 18.2 Å². The van der Waals surface area contributed by atoms with Crippen molar-refractivity contribution in [1.82, 2.24) is 5.32 Å². The third-order valence-electron chi connectivity index (χ3n) is 3.37. The molecule has 2 aromatic rings. The lowest BCUT2D eigenvalue weighted by Crippen LogP contribution is -2.40. The summed E-state index contributed by atoms with van der Waals surface area (Å²) >= 11 is 0. The van der Waals surface area contributed by atoms with Gasteiger partial charge in [-0.3, -0.25) is 9.59 Å². The lowest BCUT2D eigenvalue weighted by Gasteiger charge is -2.25. The maximum atomic E-state index is 12.0. The van der Waals surface area contributed by atoms with E-state index in [1.165, 1.54) is 6.26 Å². The van der Waals surface area contributed by atoms with Crippen molar-refractivity contribution >= 4 is 17.5 Å². The number of ether oxygens (including phenoxy) is 1. The van der Waals surface area contributed by atoms with Crippen LogP contribution in [-0.4, -0.2) is 17.9 Å². The summed E-state index contributed by atoms with van der Waals surface area (Å²) in [6, 6.07) is 9.03. The van der Waals surface area contributed by atoms with Crippen LogP contribution in [0.5, 0.6) is 5.75 Å². The summed E-state index contributed by atoms with van der Waals surface area (Å²) in [7, 11) is 0. The molecule has 114 valence electrons. The molecule has 1 aromatic heterocycles. The number of aryl methyl sites for hydroxylation is 1. The van der Waals surface area contributed by atoms with Crippen molar-refractivity contribution in [2.45, 2.75) is 26.0 Å². The molecule has 6 nitrogen and oxygen atoms in total. The van der Waals surface area contributed by atoms with Crippen molar-refractivity contribution in [3.8, 4) is 5.75 Å². The van der Waals surface area contributed by atoms with E-state index in [0.717, 1.165) is 5.56 Å². The summed E-state index contributed by atoms with van der Waals surface area (Å²) < 4.78 is 10.7. The van der Waals surface area contributed by atoms with Gasteiger partial charge < -0.3 is 19.8 Å². The van der Waals surface area contributed by atoms with Gasteiger partial charge in [0.05, 0.1) is 24.9 Å². The first kappa shape index (κ1) is 14.2. The molecule has 1 atom stereocenters. The second-order valence-electron chi connectivity index (χ2n) is 5.16. The second kappa shape index (κ2) is 5.93. The summed E-state index contributed by atoms with van der Waals surface area (Å²) in [5.41, 5.74) is 1.66. The van der Waals surface area contributed by atoms with Crippen molar-refractivity contribution in [3.63, 3.8) is 0 Å². The van der Waals surface area contributed by atoms with Gasteiger partial charge >= 0.3 is 0 Å². The highest BCUT2D eigenvalue weighted by Crippen LogP contribution is 2.30. The number of furan rings is 1. The van der Waals surface area contributed by atoms with Crippen LogP contribution in [0.3, 0.4) is 0 Å². The molecule has 1 aliphatic heterocycles. The predicted octanol–water partition coefficient (Wildman–Crippen LogP) is 1.99. The van der Waals surface area contributed by atoms with E-state index in [1.807, 2.05) is 19.1 Å². The van der Waals surface area contributed by atoms with E-state index in [-0.39, 0.29) is 24.8 Å². The Labute approximate surface area is 127 Å². The van der Waals surface area contributed by atoms with Gasteiger partial charge in [-0.25, -0.2) is 0 Å². The second-order valence-corrected chi connectivity index (χ2v) is 5.16. The van der Waals surface area contributed by atoms with Gasteiger partial charge in [0, 0.05) is 0 Å². The van der Waals surface area contributed by atoms with Crippen LogP contribution in [0.4, 0.5) is 5.69 Å². The Bertz CT molecular complexity index is 694. The minimum Gasteiger partial charge on any atom is -0.478 e.